The van der Waals surface area contributed by atoms with Crippen molar-refractivity contribution in [2.45, 2.75) is 32.4 Å². The maximum absolute atomic E-state index is 11.7. The molecule has 112 valence electrons. The molecule has 5 nitrogen and oxygen atoms in total. The third-order valence-electron chi connectivity index (χ3n) is 2.94. The van der Waals surface area contributed by atoms with E-state index in [4.69, 9.17) is 15.2 Å². The Balaban J connectivity index is 2.55. The van der Waals surface area contributed by atoms with Crippen LogP contribution in [0.3, 0.4) is 0 Å². The van der Waals surface area contributed by atoms with Crippen molar-refractivity contribution in [1.82, 2.24) is 5.32 Å². The second-order valence-corrected chi connectivity index (χ2v) is 4.77. The average molecular weight is 280 g/mol. The number of para-hydroxylation sites is 1. The Morgan fingerprint density at radius 3 is 2.75 bits per heavy atom. The van der Waals surface area contributed by atoms with Gasteiger partial charge >= 0.3 is 0 Å². The van der Waals surface area contributed by atoms with Crippen molar-refractivity contribution in [2.75, 3.05) is 20.3 Å². The summed E-state index contributed by atoms with van der Waals surface area (Å²) in [6.07, 6.45) is 0.817. The Morgan fingerprint density at radius 2 is 2.10 bits per heavy atom. The molecule has 1 aromatic carbocycles. The molecule has 0 spiro atoms. The minimum absolute atomic E-state index is 0.0263. The van der Waals surface area contributed by atoms with E-state index in [0.717, 1.165) is 12.0 Å². The van der Waals surface area contributed by atoms with E-state index in [1.807, 2.05) is 38.1 Å². The van der Waals surface area contributed by atoms with Gasteiger partial charge in [-0.05, 0) is 19.4 Å². The zero-order valence-electron chi connectivity index (χ0n) is 12.4. The number of carbonyl (C=O) groups excluding carboxylic acids is 1. The highest BCUT2D eigenvalue weighted by Crippen LogP contribution is 2.25. The second-order valence-electron chi connectivity index (χ2n) is 4.77. The summed E-state index contributed by atoms with van der Waals surface area (Å²) in [6, 6.07) is 7.42. The summed E-state index contributed by atoms with van der Waals surface area (Å²) in [5, 5.41) is 2.79. The van der Waals surface area contributed by atoms with Crippen molar-refractivity contribution in [3.63, 3.8) is 0 Å². The Kier molecular flexibility index (Phi) is 7.04. The van der Waals surface area contributed by atoms with Crippen LogP contribution in [0.1, 0.15) is 31.9 Å². The number of hydrogen-bond acceptors (Lipinski definition) is 4. The van der Waals surface area contributed by atoms with E-state index in [1.54, 1.807) is 7.11 Å². The largest absolute Gasteiger partial charge is 0.483 e. The third-order valence-corrected chi connectivity index (χ3v) is 2.94. The number of rotatable bonds is 8. The number of nitrogens with two attached hydrogens (primary N) is 1. The first-order valence-corrected chi connectivity index (χ1v) is 6.84. The topological polar surface area (TPSA) is 73.6 Å². The molecular weight excluding hydrogens is 256 g/mol. The van der Waals surface area contributed by atoms with E-state index in [9.17, 15) is 4.79 Å². The Morgan fingerprint density at radius 1 is 1.40 bits per heavy atom. The number of methoxy groups -OCH3 is 1. The normalized spacial score (nSPS) is 13.6. The lowest BCUT2D eigenvalue weighted by Gasteiger charge is -2.16. The molecule has 2 atom stereocenters. The van der Waals surface area contributed by atoms with Crippen LogP contribution in [0, 0.1) is 0 Å². The molecule has 1 aromatic rings. The lowest BCUT2D eigenvalue weighted by atomic mass is 10.0. The molecule has 1 unspecified atom stereocenters. The molecule has 0 aliphatic carbocycles. The van der Waals surface area contributed by atoms with E-state index in [0.29, 0.717) is 12.4 Å². The summed E-state index contributed by atoms with van der Waals surface area (Å²) < 4.78 is 10.5. The fourth-order valence-corrected chi connectivity index (χ4v) is 1.89. The van der Waals surface area contributed by atoms with Crippen molar-refractivity contribution in [1.29, 1.82) is 0 Å². The molecule has 1 amide bonds. The summed E-state index contributed by atoms with van der Waals surface area (Å²) in [4.78, 5) is 11.7. The van der Waals surface area contributed by atoms with Crippen LogP contribution >= 0.6 is 0 Å². The lowest BCUT2D eigenvalue weighted by Crippen LogP contribution is -2.38. The van der Waals surface area contributed by atoms with Crippen LogP contribution in [-0.2, 0) is 9.53 Å². The van der Waals surface area contributed by atoms with E-state index in [2.05, 4.69) is 5.32 Å². The predicted octanol–water partition coefficient (Wildman–Crippen LogP) is 1.63. The first-order chi connectivity index (χ1) is 9.58. The lowest BCUT2D eigenvalue weighted by molar-refractivity contribution is -0.124. The van der Waals surface area contributed by atoms with Crippen LogP contribution in [-0.4, -0.2) is 32.3 Å². The van der Waals surface area contributed by atoms with Crippen molar-refractivity contribution >= 4 is 5.91 Å². The zero-order valence-corrected chi connectivity index (χ0v) is 12.4. The maximum Gasteiger partial charge on any atom is 0.258 e. The smallest absolute Gasteiger partial charge is 0.258 e. The van der Waals surface area contributed by atoms with Crippen LogP contribution in [0.2, 0.25) is 0 Å². The highest BCUT2D eigenvalue weighted by molar-refractivity contribution is 5.77. The highest BCUT2D eigenvalue weighted by Gasteiger charge is 2.12. The van der Waals surface area contributed by atoms with Crippen molar-refractivity contribution < 1.29 is 14.3 Å². The van der Waals surface area contributed by atoms with Gasteiger partial charge in [-0.2, -0.15) is 0 Å². The monoisotopic (exact) mass is 280 g/mol. The number of benzene rings is 1. The molecule has 0 aliphatic rings. The van der Waals surface area contributed by atoms with Gasteiger partial charge in [0.1, 0.15) is 5.75 Å². The molecule has 0 bridgehead atoms. The Hall–Kier alpha value is -1.59. The van der Waals surface area contributed by atoms with Gasteiger partial charge in [-0.15, -0.1) is 0 Å². The van der Waals surface area contributed by atoms with E-state index in [-0.39, 0.29) is 24.6 Å². The molecule has 0 radical (unpaired) electrons. The molecule has 0 aliphatic heterocycles. The number of ether oxygens (including phenoxy) is 2. The van der Waals surface area contributed by atoms with Crippen molar-refractivity contribution in [3.05, 3.63) is 29.8 Å². The van der Waals surface area contributed by atoms with Gasteiger partial charge in [-0.1, -0.05) is 25.1 Å². The molecule has 3 N–H and O–H groups in total. The summed E-state index contributed by atoms with van der Waals surface area (Å²) >= 11 is 0. The molecule has 20 heavy (non-hydrogen) atoms. The van der Waals surface area contributed by atoms with Gasteiger partial charge in [0.2, 0.25) is 0 Å². The van der Waals surface area contributed by atoms with Gasteiger partial charge < -0.3 is 20.5 Å². The fraction of sp³-hybridized carbons (Fsp3) is 0.533. The summed E-state index contributed by atoms with van der Waals surface area (Å²) in [6.45, 7) is 4.34. The zero-order chi connectivity index (χ0) is 15.0. The van der Waals surface area contributed by atoms with Crippen molar-refractivity contribution in [3.8, 4) is 5.75 Å². The summed E-state index contributed by atoms with van der Waals surface area (Å²) in [5.74, 6) is 0.491. The van der Waals surface area contributed by atoms with Gasteiger partial charge in [-0.25, -0.2) is 0 Å². The van der Waals surface area contributed by atoms with Gasteiger partial charge in [0.15, 0.2) is 6.61 Å². The number of carbonyl (C=O) groups is 1. The molecular formula is C15H24N2O3. The molecule has 0 saturated carbocycles. The van der Waals surface area contributed by atoms with E-state index < -0.39 is 0 Å². The predicted molar refractivity (Wildman–Crippen MR) is 78.6 cm³/mol. The molecule has 1 rings (SSSR count). The minimum atomic E-state index is -0.172. The summed E-state index contributed by atoms with van der Waals surface area (Å²) in [7, 11) is 1.60. The summed E-state index contributed by atoms with van der Waals surface area (Å²) in [5.41, 5.74) is 6.95. The first kappa shape index (κ1) is 16.5. The van der Waals surface area contributed by atoms with Crippen LogP contribution in [0.4, 0.5) is 0 Å². The average Bonchev–Trinajstić information content (AvgIpc) is 2.44. The maximum atomic E-state index is 11.7. The number of nitrogens with one attached hydrogen (secondary N) is 1. The molecule has 5 heteroatoms. The van der Waals surface area contributed by atoms with E-state index >= 15 is 0 Å². The fourth-order valence-electron chi connectivity index (χ4n) is 1.89. The first-order valence-electron chi connectivity index (χ1n) is 6.84. The van der Waals surface area contributed by atoms with Crippen molar-refractivity contribution in [2.24, 2.45) is 5.73 Å². The number of hydrogen-bond donors (Lipinski definition) is 2. The van der Waals surface area contributed by atoms with E-state index in [1.165, 1.54) is 0 Å². The third kappa shape index (κ3) is 5.19. The van der Waals surface area contributed by atoms with Crippen LogP contribution in [0.25, 0.3) is 0 Å². The van der Waals surface area contributed by atoms with Crippen LogP contribution in [0.15, 0.2) is 24.3 Å². The molecule has 0 fully saturated rings. The van der Waals surface area contributed by atoms with Gasteiger partial charge in [0.05, 0.1) is 6.61 Å². The standard InChI is InChI=1S/C15H24N2O3/c1-4-13(16)12-7-5-6-8-14(12)20-10-15(18)17-11(2)9-19-3/h5-8,11,13H,4,9-10,16H2,1-3H3,(H,17,18)/t11?,13-/m1/s1. The Bertz CT molecular complexity index is 423. The molecule has 0 aromatic heterocycles. The second kappa shape index (κ2) is 8.55. The number of amides is 1. The quantitative estimate of drug-likeness (QED) is 0.759. The van der Waals surface area contributed by atoms with Crippen LogP contribution < -0.4 is 15.8 Å². The SMILES string of the molecule is CC[C@@H](N)c1ccccc1OCC(=O)NC(C)COC. The highest BCUT2D eigenvalue weighted by atomic mass is 16.5. The molecule has 0 saturated heterocycles. The van der Waals surface area contributed by atoms with Crippen LogP contribution in [0.5, 0.6) is 5.75 Å². The van der Waals surface area contributed by atoms with Gasteiger partial charge in [0, 0.05) is 24.8 Å². The minimum Gasteiger partial charge on any atom is -0.483 e. The molecule has 0 heterocycles. The van der Waals surface area contributed by atoms with Gasteiger partial charge in [0.25, 0.3) is 5.91 Å². The van der Waals surface area contributed by atoms with Gasteiger partial charge in [-0.3, -0.25) is 4.79 Å². The Labute approximate surface area is 120 Å².